The third-order valence-corrected chi connectivity index (χ3v) is 2.41. The number of carbonyl (C=O) groups excluding carboxylic acids is 1. The summed E-state index contributed by atoms with van der Waals surface area (Å²) in [5, 5.41) is 3.25. The van der Waals surface area contributed by atoms with Gasteiger partial charge >= 0.3 is 0 Å². The minimum atomic E-state index is -0.0716. The van der Waals surface area contributed by atoms with Crippen molar-refractivity contribution in [3.63, 3.8) is 0 Å². The molecule has 0 fully saturated rings. The van der Waals surface area contributed by atoms with Gasteiger partial charge in [-0.25, -0.2) is 0 Å². The summed E-state index contributed by atoms with van der Waals surface area (Å²) >= 11 is 6.07. The van der Waals surface area contributed by atoms with Crippen LogP contribution in [-0.2, 0) is 4.79 Å². The monoisotopic (exact) mass is 255 g/mol. The first kappa shape index (κ1) is 13.8. The van der Waals surface area contributed by atoms with Gasteiger partial charge in [-0.2, -0.15) is 0 Å². The van der Waals surface area contributed by atoms with Gasteiger partial charge in [-0.15, -0.1) is 0 Å². The van der Waals surface area contributed by atoms with Gasteiger partial charge in [0.05, 0.1) is 16.8 Å². The van der Waals surface area contributed by atoms with Crippen molar-refractivity contribution in [3.8, 4) is 5.75 Å². The molecule has 94 valence electrons. The van der Waals surface area contributed by atoms with Gasteiger partial charge in [-0.1, -0.05) is 25.4 Å². The van der Waals surface area contributed by atoms with Crippen LogP contribution in [0.15, 0.2) is 18.2 Å². The van der Waals surface area contributed by atoms with Gasteiger partial charge in [0, 0.05) is 12.0 Å². The molecule has 0 aliphatic heterocycles. The number of hydrogen-bond donors (Lipinski definition) is 1. The van der Waals surface area contributed by atoms with Crippen molar-refractivity contribution in [1.29, 1.82) is 0 Å². The van der Waals surface area contributed by atoms with Crippen molar-refractivity contribution in [2.24, 2.45) is 5.92 Å². The van der Waals surface area contributed by atoms with Gasteiger partial charge in [0.2, 0.25) is 5.91 Å². The van der Waals surface area contributed by atoms with Crippen LogP contribution in [0.4, 0.5) is 5.69 Å². The first-order valence-electron chi connectivity index (χ1n) is 5.67. The third kappa shape index (κ3) is 4.27. The van der Waals surface area contributed by atoms with E-state index in [1.54, 1.807) is 18.2 Å². The maximum atomic E-state index is 11.5. The predicted octanol–water partition coefficient (Wildman–Crippen LogP) is 3.72. The molecule has 1 N–H and O–H groups in total. The Hall–Kier alpha value is -1.22. The number of benzene rings is 1. The third-order valence-electron chi connectivity index (χ3n) is 2.09. The van der Waals surface area contributed by atoms with Crippen LogP contribution in [0, 0.1) is 5.92 Å². The van der Waals surface area contributed by atoms with E-state index in [0.717, 1.165) is 0 Å². The molecule has 0 aromatic heterocycles. The summed E-state index contributed by atoms with van der Waals surface area (Å²) in [4.78, 5) is 11.5. The van der Waals surface area contributed by atoms with Gasteiger partial charge in [-0.3, -0.25) is 4.79 Å². The zero-order valence-electron chi connectivity index (χ0n) is 10.6. The molecule has 3 nitrogen and oxygen atoms in total. The van der Waals surface area contributed by atoms with E-state index in [4.69, 9.17) is 16.3 Å². The summed E-state index contributed by atoms with van der Waals surface area (Å²) in [5.74, 6) is 0.578. The zero-order chi connectivity index (χ0) is 13.0. The molecule has 0 bridgehead atoms. The molecule has 4 heteroatoms. The van der Waals surface area contributed by atoms with Crippen molar-refractivity contribution in [3.05, 3.63) is 23.2 Å². The summed E-state index contributed by atoms with van der Waals surface area (Å²) in [6, 6.07) is 5.25. The molecule has 0 spiro atoms. The van der Waals surface area contributed by atoms with Crippen molar-refractivity contribution < 1.29 is 9.53 Å². The molecule has 1 amide bonds. The van der Waals surface area contributed by atoms with Crippen LogP contribution in [0.5, 0.6) is 5.75 Å². The Morgan fingerprint density at radius 3 is 2.41 bits per heavy atom. The van der Waals surface area contributed by atoms with E-state index in [2.05, 4.69) is 5.32 Å². The van der Waals surface area contributed by atoms with Gasteiger partial charge in [0.25, 0.3) is 0 Å². The molecule has 17 heavy (non-hydrogen) atoms. The Morgan fingerprint density at radius 1 is 1.29 bits per heavy atom. The van der Waals surface area contributed by atoms with Crippen LogP contribution in [0.2, 0.25) is 5.02 Å². The molecular weight excluding hydrogens is 238 g/mol. The lowest BCUT2D eigenvalue weighted by Gasteiger charge is -2.13. The molecular formula is C13H18ClNO2. The van der Waals surface area contributed by atoms with Crippen LogP contribution in [0.1, 0.15) is 27.7 Å². The molecule has 0 radical (unpaired) electrons. The normalized spacial score (nSPS) is 10.8. The Bertz CT molecular complexity index is 402. The molecule has 0 aliphatic carbocycles. The highest BCUT2D eigenvalue weighted by Crippen LogP contribution is 2.27. The van der Waals surface area contributed by atoms with Gasteiger partial charge in [0.15, 0.2) is 0 Å². The number of hydrogen-bond acceptors (Lipinski definition) is 2. The minimum Gasteiger partial charge on any atom is -0.491 e. The summed E-state index contributed by atoms with van der Waals surface area (Å²) in [7, 11) is 0. The Balaban J connectivity index is 2.79. The highest BCUT2D eigenvalue weighted by Gasteiger charge is 2.10. The lowest BCUT2D eigenvalue weighted by Crippen LogP contribution is -2.18. The maximum absolute atomic E-state index is 11.5. The SMILES string of the molecule is CC(C)Oc1ccc(NC(=O)C(C)C)c(Cl)c1. The molecule has 0 saturated heterocycles. The van der Waals surface area contributed by atoms with Crippen LogP contribution in [0.25, 0.3) is 0 Å². The second-order valence-corrected chi connectivity index (χ2v) is 4.86. The number of anilines is 1. The summed E-state index contributed by atoms with van der Waals surface area (Å²) in [5.41, 5.74) is 0.612. The Labute approximate surface area is 107 Å². The molecule has 1 aromatic rings. The first-order valence-corrected chi connectivity index (χ1v) is 6.05. The maximum Gasteiger partial charge on any atom is 0.226 e. The molecule has 0 heterocycles. The van der Waals surface area contributed by atoms with E-state index < -0.39 is 0 Å². The predicted molar refractivity (Wildman–Crippen MR) is 70.7 cm³/mol. The second-order valence-electron chi connectivity index (χ2n) is 4.45. The van der Waals surface area contributed by atoms with E-state index in [1.807, 2.05) is 27.7 Å². The largest absolute Gasteiger partial charge is 0.491 e. The number of amides is 1. The fourth-order valence-electron chi connectivity index (χ4n) is 1.22. The van der Waals surface area contributed by atoms with Crippen LogP contribution in [0.3, 0.4) is 0 Å². The van der Waals surface area contributed by atoms with E-state index >= 15 is 0 Å². The van der Waals surface area contributed by atoms with Gasteiger partial charge in [0.1, 0.15) is 5.75 Å². The highest BCUT2D eigenvalue weighted by atomic mass is 35.5. The molecule has 1 rings (SSSR count). The van der Waals surface area contributed by atoms with Crippen molar-refractivity contribution in [1.82, 2.24) is 0 Å². The lowest BCUT2D eigenvalue weighted by atomic mass is 10.2. The lowest BCUT2D eigenvalue weighted by molar-refractivity contribution is -0.118. The summed E-state index contributed by atoms with van der Waals surface area (Å²) in [6.07, 6.45) is 0.0992. The Morgan fingerprint density at radius 2 is 1.94 bits per heavy atom. The van der Waals surface area contributed by atoms with Crippen molar-refractivity contribution >= 4 is 23.2 Å². The number of ether oxygens (including phenoxy) is 1. The highest BCUT2D eigenvalue weighted by molar-refractivity contribution is 6.33. The average molecular weight is 256 g/mol. The van der Waals surface area contributed by atoms with Gasteiger partial charge < -0.3 is 10.1 Å². The fourth-order valence-corrected chi connectivity index (χ4v) is 1.44. The van der Waals surface area contributed by atoms with E-state index in [0.29, 0.717) is 16.5 Å². The number of carbonyl (C=O) groups is 1. The first-order chi connectivity index (χ1) is 7.90. The summed E-state index contributed by atoms with van der Waals surface area (Å²) in [6.45, 7) is 7.56. The molecule has 0 aliphatic rings. The van der Waals surface area contributed by atoms with E-state index in [-0.39, 0.29) is 17.9 Å². The van der Waals surface area contributed by atoms with Crippen LogP contribution in [-0.4, -0.2) is 12.0 Å². The van der Waals surface area contributed by atoms with Crippen molar-refractivity contribution in [2.45, 2.75) is 33.8 Å². The van der Waals surface area contributed by atoms with Crippen molar-refractivity contribution in [2.75, 3.05) is 5.32 Å². The number of rotatable bonds is 4. The average Bonchev–Trinajstić information content (AvgIpc) is 2.20. The molecule has 1 aromatic carbocycles. The van der Waals surface area contributed by atoms with Crippen LogP contribution < -0.4 is 10.1 Å². The quantitative estimate of drug-likeness (QED) is 0.891. The Kier molecular flexibility index (Phi) is 4.82. The fraction of sp³-hybridized carbons (Fsp3) is 0.462. The zero-order valence-corrected chi connectivity index (χ0v) is 11.3. The second kappa shape index (κ2) is 5.92. The standard InChI is InChI=1S/C13H18ClNO2/c1-8(2)13(16)15-12-6-5-10(7-11(12)14)17-9(3)4/h5-9H,1-4H3,(H,15,16). The topological polar surface area (TPSA) is 38.3 Å². The van der Waals surface area contributed by atoms with E-state index in [9.17, 15) is 4.79 Å². The summed E-state index contributed by atoms with van der Waals surface area (Å²) < 4.78 is 5.51. The number of nitrogens with one attached hydrogen (secondary N) is 1. The smallest absolute Gasteiger partial charge is 0.226 e. The molecule has 0 unspecified atom stereocenters. The molecule has 0 atom stereocenters. The molecule has 0 saturated carbocycles. The van der Waals surface area contributed by atoms with Gasteiger partial charge in [-0.05, 0) is 26.0 Å². The van der Waals surface area contributed by atoms with Crippen LogP contribution >= 0.6 is 11.6 Å². The van der Waals surface area contributed by atoms with E-state index in [1.165, 1.54) is 0 Å². The minimum absolute atomic E-state index is 0.0515. The number of halogens is 1.